The van der Waals surface area contributed by atoms with E-state index in [0.29, 0.717) is 10.8 Å². The van der Waals surface area contributed by atoms with E-state index < -0.39 is 0 Å². The van der Waals surface area contributed by atoms with E-state index in [2.05, 4.69) is 15.2 Å². The molecule has 3 unspecified atom stereocenters. The number of amides is 1. The molecule has 20 heavy (non-hydrogen) atoms. The minimum absolute atomic E-state index is 0.0916. The topological polar surface area (TPSA) is 65.5 Å². The van der Waals surface area contributed by atoms with Gasteiger partial charge in [-0.15, -0.1) is 0 Å². The summed E-state index contributed by atoms with van der Waals surface area (Å²) in [6.45, 7) is 5.25. The van der Waals surface area contributed by atoms with Gasteiger partial charge in [-0.2, -0.15) is 0 Å². The molecule has 0 bridgehead atoms. The van der Waals surface area contributed by atoms with Gasteiger partial charge >= 0.3 is 0 Å². The second-order valence-electron chi connectivity index (χ2n) is 5.31. The monoisotopic (exact) mass is 297 g/mol. The van der Waals surface area contributed by atoms with Gasteiger partial charge in [-0.05, 0) is 44.9 Å². The number of halogens is 1. The molecule has 6 heteroatoms. The predicted molar refractivity (Wildman–Crippen MR) is 78.7 cm³/mol. The summed E-state index contributed by atoms with van der Waals surface area (Å²) in [4.78, 5) is 18.3. The Kier molecular flexibility index (Phi) is 4.96. The molecule has 0 saturated carbocycles. The van der Waals surface area contributed by atoms with Gasteiger partial charge in [-0.3, -0.25) is 9.69 Å². The number of aromatic nitrogens is 1. The van der Waals surface area contributed by atoms with Crippen LogP contribution in [0.3, 0.4) is 0 Å². The van der Waals surface area contributed by atoms with E-state index in [4.69, 9.17) is 11.6 Å². The molecule has 0 radical (unpaired) electrons. The lowest BCUT2D eigenvalue weighted by Gasteiger charge is -2.23. The van der Waals surface area contributed by atoms with Crippen molar-refractivity contribution in [3.63, 3.8) is 0 Å². The van der Waals surface area contributed by atoms with Crippen LogP contribution in [0.25, 0.3) is 0 Å². The highest BCUT2D eigenvalue weighted by molar-refractivity contribution is 6.30. The van der Waals surface area contributed by atoms with E-state index in [9.17, 15) is 9.90 Å². The van der Waals surface area contributed by atoms with E-state index in [1.54, 1.807) is 19.1 Å². The smallest absolute Gasteiger partial charge is 0.242 e. The SMILES string of the molecule is CC(O)C1CCN(C(C)C(=O)Nc2ccc(Cl)cn2)C1. The second-order valence-corrected chi connectivity index (χ2v) is 5.75. The Morgan fingerprint density at radius 3 is 2.85 bits per heavy atom. The zero-order chi connectivity index (χ0) is 14.7. The number of hydrogen-bond donors (Lipinski definition) is 2. The van der Waals surface area contributed by atoms with Crippen molar-refractivity contribution < 1.29 is 9.90 Å². The van der Waals surface area contributed by atoms with E-state index in [1.165, 1.54) is 6.20 Å². The van der Waals surface area contributed by atoms with Crippen LogP contribution in [0.2, 0.25) is 5.02 Å². The molecule has 1 aliphatic heterocycles. The number of aliphatic hydroxyl groups is 1. The summed E-state index contributed by atoms with van der Waals surface area (Å²) in [6.07, 6.45) is 2.10. The number of carbonyl (C=O) groups is 1. The van der Waals surface area contributed by atoms with Gasteiger partial charge in [-0.1, -0.05) is 11.6 Å². The summed E-state index contributed by atoms with van der Waals surface area (Å²) in [5.41, 5.74) is 0. The third kappa shape index (κ3) is 3.69. The number of aliphatic hydroxyl groups excluding tert-OH is 1. The minimum Gasteiger partial charge on any atom is -0.393 e. The van der Waals surface area contributed by atoms with Gasteiger partial charge < -0.3 is 10.4 Å². The molecule has 110 valence electrons. The Morgan fingerprint density at radius 2 is 2.30 bits per heavy atom. The lowest BCUT2D eigenvalue weighted by atomic mass is 10.0. The number of rotatable bonds is 4. The zero-order valence-electron chi connectivity index (χ0n) is 11.7. The van der Waals surface area contributed by atoms with Crippen LogP contribution in [0, 0.1) is 5.92 Å². The van der Waals surface area contributed by atoms with Crippen molar-refractivity contribution in [2.75, 3.05) is 18.4 Å². The van der Waals surface area contributed by atoms with Crippen molar-refractivity contribution in [2.45, 2.75) is 32.4 Å². The molecule has 1 saturated heterocycles. The van der Waals surface area contributed by atoms with Crippen LogP contribution in [0.5, 0.6) is 0 Å². The van der Waals surface area contributed by atoms with Gasteiger partial charge in [0.1, 0.15) is 5.82 Å². The normalized spacial score (nSPS) is 22.5. The molecule has 0 aliphatic carbocycles. The fraction of sp³-hybridized carbons (Fsp3) is 0.571. The highest BCUT2D eigenvalue weighted by Gasteiger charge is 2.31. The number of likely N-dealkylation sites (tertiary alicyclic amines) is 1. The summed E-state index contributed by atoms with van der Waals surface area (Å²) < 4.78 is 0. The maximum absolute atomic E-state index is 12.2. The first-order valence-corrected chi connectivity index (χ1v) is 7.19. The minimum atomic E-state index is -0.326. The largest absolute Gasteiger partial charge is 0.393 e. The molecule has 2 rings (SSSR count). The number of carbonyl (C=O) groups excluding carboxylic acids is 1. The molecule has 5 nitrogen and oxygen atoms in total. The van der Waals surface area contributed by atoms with Gasteiger partial charge in [-0.25, -0.2) is 4.98 Å². The molecule has 1 aromatic heterocycles. The Morgan fingerprint density at radius 1 is 1.55 bits per heavy atom. The molecular formula is C14H20ClN3O2. The number of pyridine rings is 1. The maximum atomic E-state index is 12.2. The predicted octanol–water partition coefficient (Wildman–Crippen LogP) is 1.76. The lowest BCUT2D eigenvalue weighted by Crippen LogP contribution is -2.41. The molecule has 1 amide bonds. The number of hydrogen-bond acceptors (Lipinski definition) is 4. The van der Waals surface area contributed by atoms with Crippen LogP contribution >= 0.6 is 11.6 Å². The van der Waals surface area contributed by atoms with Crippen LogP contribution in [0.1, 0.15) is 20.3 Å². The van der Waals surface area contributed by atoms with Crippen molar-refractivity contribution in [3.05, 3.63) is 23.4 Å². The summed E-state index contributed by atoms with van der Waals surface area (Å²) >= 11 is 5.75. The average Bonchev–Trinajstić information content (AvgIpc) is 2.90. The molecule has 0 aromatic carbocycles. The molecule has 2 N–H and O–H groups in total. The van der Waals surface area contributed by atoms with Crippen molar-refractivity contribution in [1.29, 1.82) is 0 Å². The molecule has 1 aliphatic rings. The number of nitrogens with one attached hydrogen (secondary N) is 1. The van der Waals surface area contributed by atoms with Crippen LogP contribution in [-0.2, 0) is 4.79 Å². The Bertz CT molecular complexity index is 464. The van der Waals surface area contributed by atoms with E-state index in [1.807, 2.05) is 6.92 Å². The van der Waals surface area contributed by atoms with Gasteiger partial charge in [0.05, 0.1) is 17.2 Å². The quantitative estimate of drug-likeness (QED) is 0.889. The van der Waals surface area contributed by atoms with Crippen LogP contribution in [0.4, 0.5) is 5.82 Å². The number of nitrogens with zero attached hydrogens (tertiary/aromatic N) is 2. The third-order valence-electron chi connectivity index (χ3n) is 3.84. The zero-order valence-corrected chi connectivity index (χ0v) is 12.5. The lowest BCUT2D eigenvalue weighted by molar-refractivity contribution is -0.120. The van der Waals surface area contributed by atoms with Crippen LogP contribution in [-0.4, -0.2) is 46.1 Å². The molecule has 2 heterocycles. The molecule has 0 spiro atoms. The fourth-order valence-corrected chi connectivity index (χ4v) is 2.52. The first-order valence-electron chi connectivity index (χ1n) is 6.82. The second kappa shape index (κ2) is 6.52. The van der Waals surface area contributed by atoms with Crippen molar-refractivity contribution in [1.82, 2.24) is 9.88 Å². The third-order valence-corrected chi connectivity index (χ3v) is 4.07. The number of anilines is 1. The first kappa shape index (κ1) is 15.2. The van der Waals surface area contributed by atoms with Gasteiger partial charge in [0.25, 0.3) is 0 Å². The fourth-order valence-electron chi connectivity index (χ4n) is 2.41. The van der Waals surface area contributed by atoms with E-state index >= 15 is 0 Å². The van der Waals surface area contributed by atoms with Gasteiger partial charge in [0.15, 0.2) is 0 Å². The Hall–Kier alpha value is -1.17. The molecular weight excluding hydrogens is 278 g/mol. The molecule has 3 atom stereocenters. The van der Waals surface area contributed by atoms with Gasteiger partial charge in [0, 0.05) is 12.7 Å². The summed E-state index contributed by atoms with van der Waals surface area (Å²) in [7, 11) is 0. The van der Waals surface area contributed by atoms with Gasteiger partial charge in [0.2, 0.25) is 5.91 Å². The highest BCUT2D eigenvalue weighted by Crippen LogP contribution is 2.22. The van der Waals surface area contributed by atoms with Crippen LogP contribution in [0.15, 0.2) is 18.3 Å². The first-order chi connectivity index (χ1) is 9.47. The van der Waals surface area contributed by atoms with Crippen molar-refractivity contribution in [2.24, 2.45) is 5.92 Å². The molecule has 1 fully saturated rings. The molecule has 1 aromatic rings. The Balaban J connectivity index is 1.91. The van der Waals surface area contributed by atoms with Crippen LogP contribution < -0.4 is 5.32 Å². The highest BCUT2D eigenvalue weighted by atomic mass is 35.5. The van der Waals surface area contributed by atoms with E-state index in [-0.39, 0.29) is 24.0 Å². The summed E-state index contributed by atoms with van der Waals surface area (Å²) in [6, 6.07) is 3.13. The van der Waals surface area contributed by atoms with Crippen molar-refractivity contribution >= 4 is 23.3 Å². The Labute approximate surface area is 123 Å². The summed E-state index contributed by atoms with van der Waals surface area (Å²) in [5.74, 6) is 0.655. The summed E-state index contributed by atoms with van der Waals surface area (Å²) in [5, 5.41) is 12.9. The van der Waals surface area contributed by atoms with E-state index in [0.717, 1.165) is 19.5 Å². The average molecular weight is 298 g/mol. The standard InChI is InChI=1S/C14H20ClN3O2/c1-9(18-6-5-11(8-18)10(2)19)14(20)17-13-4-3-12(15)7-16-13/h3-4,7,9-11,19H,5-6,8H2,1-2H3,(H,16,17,20). The maximum Gasteiger partial charge on any atom is 0.242 e. The van der Waals surface area contributed by atoms with Crippen molar-refractivity contribution in [3.8, 4) is 0 Å².